The highest BCUT2D eigenvalue weighted by atomic mass is 19.1. The molecule has 0 spiro atoms. The first-order valence-electron chi connectivity index (χ1n) is 8.89. The molecular weight excluding hydrogens is 363 g/mol. The molecular formula is C20H17FN4O3. The Hall–Kier alpha value is -3.55. The zero-order valence-corrected chi connectivity index (χ0v) is 14.9. The van der Waals surface area contributed by atoms with Gasteiger partial charge in [-0.3, -0.25) is 29.8 Å². The number of hydrogen-bond donors (Lipinski definition) is 2. The number of carbonyl (C=O) groups excluding carboxylic acids is 2. The van der Waals surface area contributed by atoms with Gasteiger partial charge in [0.15, 0.2) is 0 Å². The quantitative estimate of drug-likeness (QED) is 0.674. The molecule has 3 aromatic rings. The summed E-state index contributed by atoms with van der Waals surface area (Å²) in [5, 5.41) is 0.450. The number of nitrogens with zero attached hydrogens (tertiary/aromatic N) is 2. The monoisotopic (exact) mass is 380 g/mol. The lowest BCUT2D eigenvalue weighted by Gasteiger charge is -2.09. The van der Waals surface area contributed by atoms with Crippen molar-refractivity contribution < 1.29 is 14.0 Å². The van der Waals surface area contributed by atoms with Gasteiger partial charge in [-0.2, -0.15) is 0 Å². The van der Waals surface area contributed by atoms with Crippen LogP contribution in [0, 0.1) is 5.82 Å². The van der Waals surface area contributed by atoms with Crippen molar-refractivity contribution in [3.05, 3.63) is 75.6 Å². The zero-order valence-electron chi connectivity index (χ0n) is 14.9. The van der Waals surface area contributed by atoms with Gasteiger partial charge in [0.2, 0.25) is 5.91 Å². The lowest BCUT2D eigenvalue weighted by molar-refractivity contribution is -0.121. The Morgan fingerprint density at radius 3 is 2.79 bits per heavy atom. The standard InChI is InChI=1S/C20H17FN4O3/c21-15-5-2-1-4-12(15)11-18(26)23-24-19(27)13-7-8-14-16(10-13)22-17-6-3-9-25(17)20(14)28/h1-2,4-5,7-8,10H,3,6,9,11H2,(H,23,26)(H,24,27). The highest BCUT2D eigenvalue weighted by Gasteiger charge is 2.17. The molecule has 4 rings (SSSR count). The van der Waals surface area contributed by atoms with Crippen molar-refractivity contribution in [2.45, 2.75) is 25.8 Å². The maximum atomic E-state index is 13.6. The summed E-state index contributed by atoms with van der Waals surface area (Å²) in [7, 11) is 0. The third-order valence-corrected chi connectivity index (χ3v) is 4.70. The van der Waals surface area contributed by atoms with Crippen LogP contribution in [0.25, 0.3) is 10.9 Å². The Morgan fingerprint density at radius 2 is 1.96 bits per heavy atom. The van der Waals surface area contributed by atoms with Crippen LogP contribution < -0.4 is 16.4 Å². The first kappa shape index (κ1) is 17.8. The largest absolute Gasteiger partial charge is 0.296 e. The third-order valence-electron chi connectivity index (χ3n) is 4.70. The number of nitrogens with one attached hydrogen (secondary N) is 2. The van der Waals surface area contributed by atoms with Crippen molar-refractivity contribution in [1.29, 1.82) is 0 Å². The molecule has 2 heterocycles. The number of hydrazine groups is 1. The smallest absolute Gasteiger partial charge is 0.269 e. The maximum absolute atomic E-state index is 13.6. The number of fused-ring (bicyclic) bond motifs is 2. The molecule has 1 aromatic heterocycles. The molecule has 0 atom stereocenters. The van der Waals surface area contributed by atoms with Crippen LogP contribution in [0.4, 0.5) is 4.39 Å². The number of aromatic nitrogens is 2. The molecule has 2 N–H and O–H groups in total. The van der Waals surface area contributed by atoms with Gasteiger partial charge in [0.05, 0.1) is 17.3 Å². The van der Waals surface area contributed by atoms with Gasteiger partial charge in [-0.15, -0.1) is 0 Å². The molecule has 2 amide bonds. The van der Waals surface area contributed by atoms with E-state index in [0.717, 1.165) is 12.8 Å². The average Bonchev–Trinajstić information content (AvgIpc) is 3.16. The number of amides is 2. The van der Waals surface area contributed by atoms with E-state index in [9.17, 15) is 18.8 Å². The van der Waals surface area contributed by atoms with Gasteiger partial charge in [0.1, 0.15) is 11.6 Å². The Labute approximate surface area is 159 Å². The summed E-state index contributed by atoms with van der Waals surface area (Å²) in [6.07, 6.45) is 1.41. The molecule has 1 aliphatic rings. The normalized spacial score (nSPS) is 12.6. The van der Waals surface area contributed by atoms with E-state index in [1.54, 1.807) is 16.7 Å². The summed E-state index contributed by atoms with van der Waals surface area (Å²) in [5.74, 6) is -0.865. The summed E-state index contributed by atoms with van der Waals surface area (Å²) < 4.78 is 15.2. The first-order chi connectivity index (χ1) is 13.5. The second-order valence-electron chi connectivity index (χ2n) is 6.59. The van der Waals surface area contributed by atoms with Crippen molar-refractivity contribution in [2.24, 2.45) is 0 Å². The fraction of sp³-hybridized carbons (Fsp3) is 0.200. The topological polar surface area (TPSA) is 93.1 Å². The van der Waals surface area contributed by atoms with Crippen molar-refractivity contribution >= 4 is 22.7 Å². The Bertz CT molecular complexity index is 1160. The SMILES string of the molecule is O=C(Cc1ccccc1F)NNC(=O)c1ccc2c(=O)n3c(nc2c1)CCC3. The van der Waals surface area contributed by atoms with E-state index < -0.39 is 17.6 Å². The van der Waals surface area contributed by atoms with Crippen LogP contribution in [-0.2, 0) is 24.2 Å². The summed E-state index contributed by atoms with van der Waals surface area (Å²) in [6, 6.07) is 10.5. The number of rotatable bonds is 3. The Kier molecular flexibility index (Phi) is 4.60. The maximum Gasteiger partial charge on any atom is 0.269 e. The van der Waals surface area contributed by atoms with Gasteiger partial charge >= 0.3 is 0 Å². The number of aryl methyl sites for hydroxylation is 1. The van der Waals surface area contributed by atoms with Crippen LogP contribution >= 0.6 is 0 Å². The summed E-state index contributed by atoms with van der Waals surface area (Å²) in [4.78, 5) is 41.2. The highest BCUT2D eigenvalue weighted by molar-refractivity contribution is 5.98. The molecule has 0 saturated heterocycles. The van der Waals surface area contributed by atoms with Gasteiger partial charge in [0.25, 0.3) is 11.5 Å². The third kappa shape index (κ3) is 3.36. The van der Waals surface area contributed by atoms with Crippen LogP contribution in [0.15, 0.2) is 47.3 Å². The molecule has 7 nitrogen and oxygen atoms in total. The lowest BCUT2D eigenvalue weighted by Crippen LogP contribution is -2.42. The van der Waals surface area contributed by atoms with E-state index in [2.05, 4.69) is 15.8 Å². The number of carbonyl (C=O) groups is 2. The molecule has 1 aliphatic heterocycles. The van der Waals surface area contributed by atoms with Gasteiger partial charge in [-0.05, 0) is 36.2 Å². The van der Waals surface area contributed by atoms with E-state index in [1.807, 2.05) is 0 Å². The summed E-state index contributed by atoms with van der Waals surface area (Å²) in [5.41, 5.74) is 5.40. The molecule has 0 bridgehead atoms. The minimum atomic E-state index is -0.550. The Morgan fingerprint density at radius 1 is 1.14 bits per heavy atom. The first-order valence-corrected chi connectivity index (χ1v) is 8.89. The zero-order chi connectivity index (χ0) is 19.7. The van der Waals surface area contributed by atoms with Crippen molar-refractivity contribution in [3.63, 3.8) is 0 Å². The number of hydrogen-bond acceptors (Lipinski definition) is 4. The molecule has 0 fully saturated rings. The second-order valence-corrected chi connectivity index (χ2v) is 6.59. The Balaban J connectivity index is 1.47. The molecule has 142 valence electrons. The van der Waals surface area contributed by atoms with Gasteiger partial charge in [-0.25, -0.2) is 9.37 Å². The second kappa shape index (κ2) is 7.22. The van der Waals surface area contributed by atoms with Crippen LogP contribution in [0.5, 0.6) is 0 Å². The average molecular weight is 380 g/mol. The van der Waals surface area contributed by atoms with Crippen molar-refractivity contribution in [2.75, 3.05) is 0 Å². The molecule has 0 unspecified atom stereocenters. The number of halogens is 1. The van der Waals surface area contributed by atoms with Crippen molar-refractivity contribution in [1.82, 2.24) is 20.4 Å². The minimum Gasteiger partial charge on any atom is -0.296 e. The van der Waals surface area contributed by atoms with Crippen LogP contribution in [0.1, 0.15) is 28.2 Å². The highest BCUT2D eigenvalue weighted by Crippen LogP contribution is 2.16. The molecule has 2 aromatic carbocycles. The van der Waals surface area contributed by atoms with E-state index >= 15 is 0 Å². The van der Waals surface area contributed by atoms with Crippen LogP contribution in [0.3, 0.4) is 0 Å². The fourth-order valence-corrected chi connectivity index (χ4v) is 3.28. The predicted octanol–water partition coefficient (Wildman–Crippen LogP) is 1.49. The van der Waals surface area contributed by atoms with Gasteiger partial charge in [-0.1, -0.05) is 18.2 Å². The molecule has 8 heteroatoms. The lowest BCUT2D eigenvalue weighted by atomic mass is 10.1. The van der Waals surface area contributed by atoms with Crippen LogP contribution in [0.2, 0.25) is 0 Å². The number of benzene rings is 2. The van der Waals surface area contributed by atoms with Crippen LogP contribution in [-0.4, -0.2) is 21.4 Å². The van der Waals surface area contributed by atoms with Crippen molar-refractivity contribution in [3.8, 4) is 0 Å². The van der Waals surface area contributed by atoms with E-state index in [0.29, 0.717) is 23.3 Å². The fourth-order valence-electron chi connectivity index (χ4n) is 3.28. The van der Waals surface area contributed by atoms with Gasteiger partial charge < -0.3 is 0 Å². The summed E-state index contributed by atoms with van der Waals surface area (Å²) in [6.45, 7) is 0.660. The summed E-state index contributed by atoms with van der Waals surface area (Å²) >= 11 is 0. The van der Waals surface area contributed by atoms with E-state index in [-0.39, 0.29) is 23.1 Å². The van der Waals surface area contributed by atoms with Gasteiger partial charge in [0, 0.05) is 18.5 Å². The minimum absolute atomic E-state index is 0.109. The predicted molar refractivity (Wildman–Crippen MR) is 100 cm³/mol. The van der Waals surface area contributed by atoms with E-state index in [1.165, 1.54) is 30.3 Å². The van der Waals surface area contributed by atoms with E-state index in [4.69, 9.17) is 0 Å². The molecule has 28 heavy (non-hydrogen) atoms. The molecule has 0 saturated carbocycles. The molecule has 0 radical (unpaired) electrons. The molecule has 0 aliphatic carbocycles.